The molecule has 0 aliphatic heterocycles. The first-order valence-electron chi connectivity index (χ1n) is 19.4. The molecule has 292 valence electrons. The van der Waals surface area contributed by atoms with Crippen molar-refractivity contribution in [2.75, 3.05) is 0 Å². The van der Waals surface area contributed by atoms with Gasteiger partial charge in [0.25, 0.3) is 0 Å². The summed E-state index contributed by atoms with van der Waals surface area (Å²) < 4.78 is 0. The Balaban J connectivity index is -0.000000174. The van der Waals surface area contributed by atoms with Crippen LogP contribution >= 0.6 is 0 Å². The van der Waals surface area contributed by atoms with Crippen LogP contribution in [0.25, 0.3) is 0 Å². The minimum atomic E-state index is -0.624. The van der Waals surface area contributed by atoms with Gasteiger partial charge in [0.1, 0.15) is 0 Å². The third-order valence-electron chi connectivity index (χ3n) is 11.3. The van der Waals surface area contributed by atoms with Crippen molar-refractivity contribution in [3.8, 4) is 0 Å². The van der Waals surface area contributed by atoms with Crippen LogP contribution in [0.1, 0.15) is 212 Å². The molecule has 49 heavy (non-hydrogen) atoms. The van der Waals surface area contributed by atoms with Crippen LogP contribution < -0.4 is 0 Å². The fourth-order valence-corrected chi connectivity index (χ4v) is 6.11. The minimum Gasteiger partial charge on any atom is -0.481 e. The molecule has 4 N–H and O–H groups in total. The molecule has 0 fully saturated rings. The smallest absolute Gasteiger partial charge is 0.309 e. The zero-order chi connectivity index (χ0) is 38.5. The first kappa shape index (κ1) is 57.1. The fraction of sp³-hybridized carbons (Fsp3) is 0.900. The van der Waals surface area contributed by atoms with Gasteiger partial charge in [-0.3, -0.25) is 19.2 Å². The summed E-state index contributed by atoms with van der Waals surface area (Å²) in [6.45, 7) is 24.1. The monoisotopic (exact) mass is 778 g/mol. The van der Waals surface area contributed by atoms with E-state index in [1.165, 1.54) is 0 Å². The fourth-order valence-electron chi connectivity index (χ4n) is 6.11. The molecule has 0 saturated heterocycles. The summed E-state index contributed by atoms with van der Waals surface area (Å²) in [6.07, 6.45) is 17.7. The molecule has 9 heteroatoms. The maximum Gasteiger partial charge on any atom is 0.309 e. The Kier molecular flexibility index (Phi) is 38.1. The van der Waals surface area contributed by atoms with E-state index in [1.54, 1.807) is 0 Å². The summed E-state index contributed by atoms with van der Waals surface area (Å²) in [5.74, 6) is -2.50. The van der Waals surface area contributed by atoms with Crippen molar-refractivity contribution in [3.05, 3.63) is 0 Å². The van der Waals surface area contributed by atoms with Crippen molar-refractivity contribution in [1.29, 1.82) is 0 Å². The van der Waals surface area contributed by atoms with E-state index in [0.717, 1.165) is 128 Å². The molecular formula is C40H80O8Zr. The van der Waals surface area contributed by atoms with Crippen molar-refractivity contribution in [2.24, 2.45) is 21.7 Å². The van der Waals surface area contributed by atoms with Gasteiger partial charge in [-0.05, 0) is 77.0 Å². The van der Waals surface area contributed by atoms with Gasteiger partial charge in [0.2, 0.25) is 0 Å². The third-order valence-corrected chi connectivity index (χ3v) is 11.3. The van der Waals surface area contributed by atoms with Crippen molar-refractivity contribution < 1.29 is 65.8 Å². The van der Waals surface area contributed by atoms with Crippen LogP contribution in [0.5, 0.6) is 0 Å². The molecule has 0 bridgehead atoms. The van der Waals surface area contributed by atoms with E-state index in [9.17, 15) is 19.2 Å². The zero-order valence-electron chi connectivity index (χ0n) is 34.1. The summed E-state index contributed by atoms with van der Waals surface area (Å²) >= 11 is 0. The molecule has 0 unspecified atom stereocenters. The van der Waals surface area contributed by atoms with Gasteiger partial charge < -0.3 is 20.4 Å². The van der Waals surface area contributed by atoms with Gasteiger partial charge in [-0.2, -0.15) is 0 Å². The van der Waals surface area contributed by atoms with Gasteiger partial charge in [0, 0.05) is 26.2 Å². The molecule has 0 spiro atoms. The number of unbranched alkanes of at least 4 members (excludes halogenated alkanes) is 4. The summed E-state index contributed by atoms with van der Waals surface area (Å²) in [4.78, 5) is 44.0. The quantitative estimate of drug-likeness (QED) is 0.0756. The second kappa shape index (κ2) is 32.7. The van der Waals surface area contributed by atoms with Gasteiger partial charge in [0.05, 0.1) is 21.7 Å². The molecule has 0 atom stereocenters. The molecule has 8 nitrogen and oxygen atoms in total. The van der Waals surface area contributed by atoms with Crippen LogP contribution in [-0.2, 0) is 45.4 Å². The molecular weight excluding hydrogens is 700 g/mol. The van der Waals surface area contributed by atoms with Gasteiger partial charge >= 0.3 is 23.9 Å². The van der Waals surface area contributed by atoms with E-state index in [-0.39, 0.29) is 26.2 Å². The second-order valence-electron chi connectivity index (χ2n) is 13.6. The molecule has 0 aliphatic carbocycles. The molecule has 0 heterocycles. The van der Waals surface area contributed by atoms with E-state index in [4.69, 9.17) is 20.4 Å². The normalized spacial score (nSPS) is 11.3. The molecule has 0 aromatic carbocycles. The Morgan fingerprint density at radius 1 is 0.327 bits per heavy atom. The van der Waals surface area contributed by atoms with Gasteiger partial charge in [-0.25, -0.2) is 0 Å². The molecule has 0 aliphatic rings. The summed E-state index contributed by atoms with van der Waals surface area (Å²) in [6, 6.07) is 0. The summed E-state index contributed by atoms with van der Waals surface area (Å²) in [5.41, 5.74) is -1.79. The van der Waals surface area contributed by atoms with E-state index < -0.39 is 45.5 Å². The maximum atomic E-state index is 11.0. The number of rotatable bonds is 24. The van der Waals surface area contributed by atoms with Crippen LogP contribution in [0, 0.1) is 21.7 Å². The first-order valence-corrected chi connectivity index (χ1v) is 19.4. The van der Waals surface area contributed by atoms with Gasteiger partial charge in [-0.1, -0.05) is 134 Å². The number of carbonyl (C=O) groups is 4. The second-order valence-corrected chi connectivity index (χ2v) is 13.6. The average molecular weight is 780 g/mol. The van der Waals surface area contributed by atoms with E-state index >= 15 is 0 Å². The predicted octanol–water partition coefficient (Wildman–Crippen LogP) is 12.3. The van der Waals surface area contributed by atoms with Gasteiger partial charge in [0.15, 0.2) is 0 Å². The van der Waals surface area contributed by atoms with Crippen molar-refractivity contribution in [2.45, 2.75) is 212 Å². The van der Waals surface area contributed by atoms with Crippen molar-refractivity contribution in [1.82, 2.24) is 0 Å². The van der Waals surface area contributed by atoms with Crippen LogP contribution in [0.4, 0.5) is 0 Å². The number of carboxylic acid groups (broad SMARTS) is 4. The Morgan fingerprint density at radius 3 is 0.510 bits per heavy atom. The molecule has 0 aromatic rings. The Morgan fingerprint density at radius 2 is 0.449 bits per heavy atom. The first-order chi connectivity index (χ1) is 22.5. The molecule has 0 aromatic heterocycles. The standard InChI is InChI=1S/4C10H20O2.Zr/c4*1-4-7-8-10(5-2,6-3)9(11)12;/h4*4-8H2,1-3H3,(H,11,12);. The van der Waals surface area contributed by atoms with Crippen LogP contribution in [-0.4, -0.2) is 44.3 Å². The van der Waals surface area contributed by atoms with E-state index in [1.807, 2.05) is 55.4 Å². The van der Waals surface area contributed by atoms with Crippen LogP contribution in [0.2, 0.25) is 0 Å². The predicted molar refractivity (Wildman–Crippen MR) is 201 cm³/mol. The molecule has 0 rings (SSSR count). The average Bonchev–Trinajstić information content (AvgIpc) is 3.08. The zero-order valence-corrected chi connectivity index (χ0v) is 36.5. The van der Waals surface area contributed by atoms with Gasteiger partial charge in [-0.15, -0.1) is 0 Å². The van der Waals surface area contributed by atoms with Crippen molar-refractivity contribution >= 4 is 23.9 Å². The van der Waals surface area contributed by atoms with Crippen molar-refractivity contribution in [3.63, 3.8) is 0 Å². The topological polar surface area (TPSA) is 149 Å². The number of hydrogen-bond donors (Lipinski definition) is 4. The maximum absolute atomic E-state index is 11.0. The molecule has 0 radical (unpaired) electrons. The summed E-state index contributed by atoms with van der Waals surface area (Å²) in [7, 11) is 0. The SMILES string of the molecule is CCCCC(CC)(CC)C(=O)O.CCCCC(CC)(CC)C(=O)O.CCCCC(CC)(CC)C(=O)O.CCCCC(CC)(CC)C(=O)O.[Zr]. The number of aliphatic carboxylic acids is 4. The van der Waals surface area contributed by atoms with E-state index in [0.29, 0.717) is 0 Å². The van der Waals surface area contributed by atoms with Crippen LogP contribution in [0.15, 0.2) is 0 Å². The Hall–Kier alpha value is -1.24. The number of hydrogen-bond acceptors (Lipinski definition) is 4. The minimum absolute atomic E-state index is 0. The Labute approximate surface area is 321 Å². The van der Waals surface area contributed by atoms with E-state index in [2.05, 4.69) is 27.7 Å². The Bertz CT molecular complexity index is 690. The largest absolute Gasteiger partial charge is 0.481 e. The molecule has 0 saturated carbocycles. The number of carboxylic acids is 4. The van der Waals surface area contributed by atoms with Crippen LogP contribution in [0.3, 0.4) is 0 Å². The summed E-state index contributed by atoms with van der Waals surface area (Å²) in [5, 5.41) is 36.2. The third kappa shape index (κ3) is 21.0. The molecule has 0 amide bonds.